The third-order valence-electron chi connectivity index (χ3n) is 5.80. The van der Waals surface area contributed by atoms with Crippen molar-refractivity contribution in [2.45, 2.75) is 53.1 Å². The topological polar surface area (TPSA) is 86.8 Å². The fourth-order valence-electron chi connectivity index (χ4n) is 3.72. The molecule has 2 aromatic carbocycles. The quantitative estimate of drug-likeness (QED) is 0.446. The molecule has 7 nitrogen and oxygen atoms in total. The molecule has 2 amide bonds. The zero-order chi connectivity index (χ0) is 26.3. The van der Waals surface area contributed by atoms with Gasteiger partial charge in [-0.25, -0.2) is 8.42 Å². The van der Waals surface area contributed by atoms with Crippen molar-refractivity contribution < 1.29 is 18.0 Å². The van der Waals surface area contributed by atoms with E-state index in [0.29, 0.717) is 34.3 Å². The SMILES string of the molecule is CCCNC(=O)[C@H](CC)N(Cc1ccc(Cl)c(Cl)c1)C(=O)CN(c1cccc(C)c1C)S(C)(=O)=O. The molecule has 0 saturated heterocycles. The van der Waals surface area contributed by atoms with Crippen LogP contribution in [0.3, 0.4) is 0 Å². The normalized spacial score (nSPS) is 12.2. The van der Waals surface area contributed by atoms with E-state index in [9.17, 15) is 18.0 Å². The van der Waals surface area contributed by atoms with Gasteiger partial charge in [-0.2, -0.15) is 0 Å². The number of amides is 2. The van der Waals surface area contributed by atoms with Gasteiger partial charge in [-0.3, -0.25) is 13.9 Å². The lowest BCUT2D eigenvalue weighted by Gasteiger charge is -2.33. The van der Waals surface area contributed by atoms with Crippen LogP contribution >= 0.6 is 23.2 Å². The Morgan fingerprint density at radius 2 is 1.74 bits per heavy atom. The summed E-state index contributed by atoms with van der Waals surface area (Å²) >= 11 is 12.2. The molecule has 0 heterocycles. The summed E-state index contributed by atoms with van der Waals surface area (Å²) in [6.07, 6.45) is 2.17. The Bertz CT molecular complexity index is 1170. The highest BCUT2D eigenvalue weighted by Crippen LogP contribution is 2.27. The van der Waals surface area contributed by atoms with Crippen molar-refractivity contribution in [3.8, 4) is 0 Å². The van der Waals surface area contributed by atoms with Gasteiger partial charge < -0.3 is 10.2 Å². The second kappa shape index (κ2) is 12.6. The summed E-state index contributed by atoms with van der Waals surface area (Å²) < 4.78 is 26.6. The highest BCUT2D eigenvalue weighted by Gasteiger charge is 2.32. The van der Waals surface area contributed by atoms with Crippen molar-refractivity contribution in [3.63, 3.8) is 0 Å². The number of nitrogens with zero attached hydrogens (tertiary/aromatic N) is 2. The third kappa shape index (κ3) is 7.59. The van der Waals surface area contributed by atoms with Crippen molar-refractivity contribution in [1.82, 2.24) is 10.2 Å². The zero-order valence-electron chi connectivity index (χ0n) is 20.8. The molecule has 1 atom stereocenters. The molecule has 1 N–H and O–H groups in total. The molecule has 192 valence electrons. The van der Waals surface area contributed by atoms with Crippen molar-refractivity contribution in [2.24, 2.45) is 0 Å². The van der Waals surface area contributed by atoms with Crippen LogP contribution in [0, 0.1) is 13.8 Å². The highest BCUT2D eigenvalue weighted by molar-refractivity contribution is 7.92. The Morgan fingerprint density at radius 1 is 1.06 bits per heavy atom. The van der Waals surface area contributed by atoms with Crippen LogP contribution in [0.5, 0.6) is 0 Å². The maximum atomic E-state index is 13.7. The first-order chi connectivity index (χ1) is 16.4. The Kier molecular flexibility index (Phi) is 10.4. The van der Waals surface area contributed by atoms with Gasteiger partial charge in [-0.05, 0) is 61.6 Å². The fourth-order valence-corrected chi connectivity index (χ4v) is 4.94. The van der Waals surface area contributed by atoms with Gasteiger partial charge in [0.1, 0.15) is 12.6 Å². The van der Waals surface area contributed by atoms with Crippen LogP contribution in [0.15, 0.2) is 36.4 Å². The molecule has 0 aliphatic heterocycles. The van der Waals surface area contributed by atoms with Gasteiger partial charge in [-0.1, -0.05) is 55.2 Å². The molecule has 0 unspecified atom stereocenters. The Morgan fingerprint density at radius 3 is 2.31 bits per heavy atom. The van der Waals surface area contributed by atoms with E-state index in [2.05, 4.69) is 5.32 Å². The second-order valence-electron chi connectivity index (χ2n) is 8.47. The standard InChI is InChI=1S/C25H33Cl2N3O4S/c1-6-13-28-25(32)22(7-2)29(15-19-11-12-20(26)21(27)14-19)24(31)16-30(35(5,33)34)23-10-8-9-17(3)18(23)4/h8-12,14,22H,6-7,13,15-16H2,1-5H3,(H,28,32)/t22-/m0/s1. The van der Waals surface area contributed by atoms with Crippen LogP contribution in [-0.2, 0) is 26.2 Å². The molecule has 2 rings (SSSR count). The lowest BCUT2D eigenvalue weighted by Crippen LogP contribution is -2.52. The van der Waals surface area contributed by atoms with E-state index in [4.69, 9.17) is 23.2 Å². The molecule has 2 aromatic rings. The second-order valence-corrected chi connectivity index (χ2v) is 11.2. The van der Waals surface area contributed by atoms with Crippen molar-refractivity contribution in [3.05, 3.63) is 63.1 Å². The number of aryl methyl sites for hydroxylation is 1. The molecular formula is C25H33Cl2N3O4S. The van der Waals surface area contributed by atoms with E-state index >= 15 is 0 Å². The third-order valence-corrected chi connectivity index (χ3v) is 7.66. The number of carbonyl (C=O) groups excluding carboxylic acids is 2. The van der Waals surface area contributed by atoms with E-state index in [1.807, 2.05) is 33.8 Å². The van der Waals surface area contributed by atoms with E-state index in [0.717, 1.165) is 28.1 Å². The van der Waals surface area contributed by atoms with Gasteiger partial charge >= 0.3 is 0 Å². The van der Waals surface area contributed by atoms with Crippen molar-refractivity contribution in [2.75, 3.05) is 23.7 Å². The van der Waals surface area contributed by atoms with Crippen LogP contribution in [0.4, 0.5) is 5.69 Å². The summed E-state index contributed by atoms with van der Waals surface area (Å²) in [5.74, 6) is -0.790. The Labute approximate surface area is 218 Å². The summed E-state index contributed by atoms with van der Waals surface area (Å²) in [5, 5.41) is 3.55. The molecule has 0 aliphatic rings. The molecule has 0 aromatic heterocycles. The average Bonchev–Trinajstić information content (AvgIpc) is 2.79. The minimum atomic E-state index is -3.79. The number of hydrogen-bond acceptors (Lipinski definition) is 4. The van der Waals surface area contributed by atoms with Crippen LogP contribution in [0.1, 0.15) is 43.4 Å². The molecule has 10 heteroatoms. The van der Waals surface area contributed by atoms with E-state index < -0.39 is 28.5 Å². The minimum absolute atomic E-state index is 0.0676. The van der Waals surface area contributed by atoms with Gasteiger partial charge in [-0.15, -0.1) is 0 Å². The predicted octanol–water partition coefficient (Wildman–Crippen LogP) is 4.71. The molecule has 0 aliphatic carbocycles. The molecule has 0 bridgehead atoms. The highest BCUT2D eigenvalue weighted by atomic mass is 35.5. The molecule has 0 fully saturated rings. The van der Waals surface area contributed by atoms with Gasteiger partial charge in [0.05, 0.1) is 22.0 Å². The van der Waals surface area contributed by atoms with Crippen LogP contribution in [-0.4, -0.2) is 50.5 Å². The molecule has 35 heavy (non-hydrogen) atoms. The Hall–Kier alpha value is -2.29. The largest absolute Gasteiger partial charge is 0.354 e. The van der Waals surface area contributed by atoms with Crippen LogP contribution in [0.25, 0.3) is 0 Å². The number of halogens is 2. The molecule has 0 spiro atoms. The first-order valence-electron chi connectivity index (χ1n) is 11.5. The number of nitrogens with one attached hydrogen (secondary N) is 1. The van der Waals surface area contributed by atoms with Crippen LogP contribution < -0.4 is 9.62 Å². The lowest BCUT2D eigenvalue weighted by molar-refractivity contribution is -0.140. The predicted molar refractivity (Wildman–Crippen MR) is 142 cm³/mol. The minimum Gasteiger partial charge on any atom is -0.354 e. The van der Waals surface area contributed by atoms with Crippen molar-refractivity contribution in [1.29, 1.82) is 0 Å². The first-order valence-corrected chi connectivity index (χ1v) is 14.1. The first kappa shape index (κ1) is 28.9. The van der Waals surface area contributed by atoms with Crippen LogP contribution in [0.2, 0.25) is 10.0 Å². The smallest absolute Gasteiger partial charge is 0.244 e. The summed E-state index contributed by atoms with van der Waals surface area (Å²) in [6, 6.07) is 9.50. The van der Waals surface area contributed by atoms with Crippen molar-refractivity contribution >= 4 is 50.7 Å². The number of rotatable bonds is 11. The average molecular weight is 543 g/mol. The number of anilines is 1. The summed E-state index contributed by atoms with van der Waals surface area (Å²) in [5.41, 5.74) is 2.77. The molecule has 0 saturated carbocycles. The fraction of sp³-hybridized carbons (Fsp3) is 0.440. The zero-order valence-corrected chi connectivity index (χ0v) is 23.1. The summed E-state index contributed by atoms with van der Waals surface area (Å²) in [6.45, 7) is 7.54. The maximum absolute atomic E-state index is 13.7. The van der Waals surface area contributed by atoms with Gasteiger partial charge in [0, 0.05) is 13.1 Å². The van der Waals surface area contributed by atoms with E-state index in [1.165, 1.54) is 4.90 Å². The van der Waals surface area contributed by atoms with Gasteiger partial charge in [0.25, 0.3) is 0 Å². The summed E-state index contributed by atoms with van der Waals surface area (Å²) in [4.78, 5) is 28.1. The van der Waals surface area contributed by atoms with Gasteiger partial charge in [0.2, 0.25) is 21.8 Å². The monoisotopic (exact) mass is 541 g/mol. The Balaban J connectivity index is 2.49. The van der Waals surface area contributed by atoms with Gasteiger partial charge in [0.15, 0.2) is 0 Å². The maximum Gasteiger partial charge on any atom is 0.244 e. The number of benzene rings is 2. The number of carbonyl (C=O) groups is 2. The van der Waals surface area contributed by atoms with E-state index in [1.54, 1.807) is 30.3 Å². The summed E-state index contributed by atoms with van der Waals surface area (Å²) in [7, 11) is -3.79. The molecular weight excluding hydrogens is 509 g/mol. The molecule has 0 radical (unpaired) electrons. The number of sulfonamides is 1. The lowest BCUT2D eigenvalue weighted by atomic mass is 10.1. The number of hydrogen-bond donors (Lipinski definition) is 1. The van der Waals surface area contributed by atoms with E-state index in [-0.39, 0.29) is 12.5 Å².